The molecule has 0 atom stereocenters. The monoisotopic (exact) mass is 276 g/mol. The lowest BCUT2D eigenvalue weighted by molar-refractivity contribution is 0.0283. The van der Waals surface area contributed by atoms with Gasteiger partial charge in [0.2, 0.25) is 0 Å². The van der Waals surface area contributed by atoms with Gasteiger partial charge in [-0.3, -0.25) is 0 Å². The first-order valence-electron chi connectivity index (χ1n) is 6.05. The van der Waals surface area contributed by atoms with E-state index in [1.807, 2.05) is 30.3 Å². The lowest BCUT2D eigenvalue weighted by Gasteiger charge is -2.09. The third-order valence-electron chi connectivity index (χ3n) is 2.75. The van der Waals surface area contributed by atoms with E-state index in [0.717, 1.165) is 11.1 Å². The van der Waals surface area contributed by atoms with Gasteiger partial charge in [-0.05, 0) is 11.1 Å². The van der Waals surface area contributed by atoms with Crippen LogP contribution in [-0.2, 0) is 9.47 Å². The Bertz CT molecular complexity index is 573. The van der Waals surface area contributed by atoms with E-state index in [1.54, 1.807) is 24.3 Å². The van der Waals surface area contributed by atoms with Gasteiger partial charge in [-0.15, -0.1) is 0 Å². The third-order valence-corrected chi connectivity index (χ3v) is 2.75. The summed E-state index contributed by atoms with van der Waals surface area (Å²) in [5.74, 6) is -0.452. The molecule has 0 spiro atoms. The van der Waals surface area contributed by atoms with E-state index in [1.165, 1.54) is 7.11 Å². The predicted molar refractivity (Wildman–Crippen MR) is 74.0 cm³/mol. The summed E-state index contributed by atoms with van der Waals surface area (Å²) in [5.41, 5.74) is 2.31. The van der Waals surface area contributed by atoms with Gasteiger partial charge in [0, 0.05) is 12.7 Å². The molecule has 0 fully saturated rings. The van der Waals surface area contributed by atoms with E-state index in [2.05, 4.69) is 4.74 Å². The second-order valence-corrected chi connectivity index (χ2v) is 4.08. The average Bonchev–Trinajstić information content (AvgIpc) is 2.49. The summed E-state index contributed by atoms with van der Waals surface area (Å²) in [4.78, 5) is 0. The van der Waals surface area contributed by atoms with E-state index in [4.69, 9.17) is 4.74 Å². The fourth-order valence-corrected chi connectivity index (χ4v) is 1.81. The van der Waals surface area contributed by atoms with Gasteiger partial charge in [0.15, 0.2) is 12.6 Å². The quantitative estimate of drug-likeness (QED) is 0.589. The summed E-state index contributed by atoms with van der Waals surface area (Å²) < 4.78 is 35.2. The zero-order chi connectivity index (χ0) is 14.4. The van der Waals surface area contributed by atoms with Crippen LogP contribution in [0.4, 0.5) is 8.78 Å². The fraction of sp³-hybridized carbons (Fsp3) is 0.125. The predicted octanol–water partition coefficient (Wildman–Crippen LogP) is 4.54. The highest BCUT2D eigenvalue weighted by Gasteiger charge is 2.11. The van der Waals surface area contributed by atoms with E-state index in [0.29, 0.717) is 5.56 Å². The van der Waals surface area contributed by atoms with Crippen molar-refractivity contribution in [2.24, 2.45) is 0 Å². The van der Waals surface area contributed by atoms with Crippen molar-refractivity contribution in [1.29, 1.82) is 0 Å². The average molecular weight is 276 g/mol. The van der Waals surface area contributed by atoms with Crippen molar-refractivity contribution in [2.75, 3.05) is 13.9 Å². The summed E-state index contributed by atoms with van der Waals surface area (Å²) >= 11 is 0. The number of ether oxygens (including phenoxy) is 2. The summed E-state index contributed by atoms with van der Waals surface area (Å²) in [7, 11) is 1.38. The van der Waals surface area contributed by atoms with Gasteiger partial charge in [-0.25, -0.2) is 0 Å². The maximum atomic E-state index is 12.8. The molecule has 0 aromatic heterocycles. The summed E-state index contributed by atoms with van der Waals surface area (Å²) in [5, 5.41) is 0. The SMILES string of the molecule is COCOC(=C(F)F)c1ccc(-c2ccccc2)cc1. The number of rotatable bonds is 5. The first-order valence-corrected chi connectivity index (χ1v) is 6.05. The van der Waals surface area contributed by atoms with Crippen molar-refractivity contribution in [2.45, 2.75) is 0 Å². The molecule has 2 aromatic carbocycles. The number of hydrogen-bond acceptors (Lipinski definition) is 2. The molecular formula is C16H14F2O2. The van der Waals surface area contributed by atoms with Crippen LogP contribution in [0.5, 0.6) is 0 Å². The van der Waals surface area contributed by atoms with E-state index in [-0.39, 0.29) is 6.79 Å². The molecule has 0 amide bonds. The van der Waals surface area contributed by atoms with E-state index >= 15 is 0 Å². The molecule has 4 heteroatoms. The molecule has 2 aromatic rings. The van der Waals surface area contributed by atoms with Crippen LogP contribution in [0.25, 0.3) is 16.9 Å². The molecule has 0 N–H and O–H groups in total. The third kappa shape index (κ3) is 3.42. The van der Waals surface area contributed by atoms with Crippen LogP contribution >= 0.6 is 0 Å². The number of hydrogen-bond donors (Lipinski definition) is 0. The Balaban J connectivity index is 2.25. The maximum absolute atomic E-state index is 12.8. The zero-order valence-corrected chi connectivity index (χ0v) is 11.0. The molecule has 0 saturated heterocycles. The highest BCUT2D eigenvalue weighted by molar-refractivity contribution is 5.68. The van der Waals surface area contributed by atoms with Crippen molar-refractivity contribution >= 4 is 5.76 Å². The molecule has 0 bridgehead atoms. The Morgan fingerprint density at radius 2 is 1.50 bits per heavy atom. The second-order valence-electron chi connectivity index (χ2n) is 4.08. The van der Waals surface area contributed by atoms with Crippen LogP contribution in [0, 0.1) is 0 Å². The molecular weight excluding hydrogens is 262 g/mol. The fourth-order valence-electron chi connectivity index (χ4n) is 1.81. The van der Waals surface area contributed by atoms with Crippen LogP contribution in [0.2, 0.25) is 0 Å². The second kappa shape index (κ2) is 6.82. The van der Waals surface area contributed by atoms with Crippen molar-refractivity contribution < 1.29 is 18.3 Å². The van der Waals surface area contributed by atoms with Crippen LogP contribution in [0.3, 0.4) is 0 Å². The Labute approximate surface area is 116 Å². The maximum Gasteiger partial charge on any atom is 0.312 e. The minimum atomic E-state index is -1.87. The van der Waals surface area contributed by atoms with Crippen molar-refractivity contribution in [3.05, 3.63) is 66.2 Å². The molecule has 20 heavy (non-hydrogen) atoms. The lowest BCUT2D eigenvalue weighted by atomic mass is 10.0. The summed E-state index contributed by atoms with van der Waals surface area (Å²) in [6.45, 7) is -0.215. The Morgan fingerprint density at radius 3 is 2.05 bits per heavy atom. The molecule has 0 aliphatic rings. The molecule has 2 nitrogen and oxygen atoms in total. The Kier molecular flexibility index (Phi) is 4.85. The van der Waals surface area contributed by atoms with Gasteiger partial charge < -0.3 is 9.47 Å². The standard InChI is InChI=1S/C16H14F2O2/c1-19-11-20-15(16(17)18)14-9-7-13(8-10-14)12-5-3-2-4-6-12/h2-10H,11H2,1H3. The van der Waals surface area contributed by atoms with Gasteiger partial charge in [-0.2, -0.15) is 8.78 Å². The van der Waals surface area contributed by atoms with Crippen LogP contribution in [0.15, 0.2) is 60.7 Å². The smallest absolute Gasteiger partial charge is 0.312 e. The van der Waals surface area contributed by atoms with Crippen LogP contribution in [0.1, 0.15) is 5.56 Å². The van der Waals surface area contributed by atoms with E-state index in [9.17, 15) is 8.78 Å². The highest BCUT2D eigenvalue weighted by atomic mass is 19.3. The van der Waals surface area contributed by atoms with Gasteiger partial charge in [0.1, 0.15) is 0 Å². The van der Waals surface area contributed by atoms with Crippen LogP contribution in [-0.4, -0.2) is 13.9 Å². The lowest BCUT2D eigenvalue weighted by Crippen LogP contribution is -1.97. The molecule has 0 saturated carbocycles. The topological polar surface area (TPSA) is 18.5 Å². The largest absolute Gasteiger partial charge is 0.461 e. The number of methoxy groups -OCH3 is 1. The first kappa shape index (κ1) is 14.2. The van der Waals surface area contributed by atoms with Crippen molar-refractivity contribution in [3.63, 3.8) is 0 Å². The molecule has 0 unspecified atom stereocenters. The molecule has 0 aliphatic heterocycles. The van der Waals surface area contributed by atoms with E-state index < -0.39 is 11.8 Å². The van der Waals surface area contributed by atoms with Crippen molar-refractivity contribution in [1.82, 2.24) is 0 Å². The van der Waals surface area contributed by atoms with Crippen LogP contribution < -0.4 is 0 Å². The summed E-state index contributed by atoms with van der Waals surface area (Å²) in [6, 6.07) is 16.5. The molecule has 2 rings (SSSR count). The molecule has 0 heterocycles. The minimum absolute atomic E-state index is 0.215. The van der Waals surface area contributed by atoms with Gasteiger partial charge in [-0.1, -0.05) is 54.6 Å². The number of halogens is 2. The molecule has 0 radical (unpaired) electrons. The van der Waals surface area contributed by atoms with Gasteiger partial charge >= 0.3 is 6.08 Å². The highest BCUT2D eigenvalue weighted by Crippen LogP contribution is 2.25. The molecule has 104 valence electrons. The number of benzene rings is 2. The minimum Gasteiger partial charge on any atom is -0.461 e. The zero-order valence-electron chi connectivity index (χ0n) is 11.0. The van der Waals surface area contributed by atoms with Gasteiger partial charge in [0.25, 0.3) is 0 Å². The molecule has 0 aliphatic carbocycles. The van der Waals surface area contributed by atoms with Gasteiger partial charge in [0.05, 0.1) is 0 Å². The Hall–Kier alpha value is -2.20. The normalized spacial score (nSPS) is 10.2. The summed E-state index contributed by atoms with van der Waals surface area (Å²) in [6.07, 6.45) is -1.87. The Morgan fingerprint density at radius 1 is 0.900 bits per heavy atom. The first-order chi connectivity index (χ1) is 9.72. The van der Waals surface area contributed by atoms with Crippen molar-refractivity contribution in [3.8, 4) is 11.1 Å².